The van der Waals surface area contributed by atoms with Gasteiger partial charge in [-0.15, -0.1) is 22.7 Å². The normalized spacial score (nSPS) is 11.1. The van der Waals surface area contributed by atoms with Crippen LogP contribution in [0.3, 0.4) is 0 Å². The molecule has 0 aliphatic rings. The molecule has 0 fully saturated rings. The molecule has 0 radical (unpaired) electrons. The highest BCUT2D eigenvalue weighted by atomic mass is 32.1. The summed E-state index contributed by atoms with van der Waals surface area (Å²) >= 11 is 3.53. The van der Waals surface area contributed by atoms with Crippen molar-refractivity contribution in [1.82, 2.24) is 15.3 Å². The first-order chi connectivity index (χ1) is 8.69. The van der Waals surface area contributed by atoms with Crippen LogP contribution in [-0.2, 0) is 13.0 Å². The molecule has 0 atom stereocenters. The van der Waals surface area contributed by atoms with Gasteiger partial charge in [-0.1, -0.05) is 6.92 Å². The third kappa shape index (κ3) is 3.60. The molecule has 0 aliphatic carbocycles. The smallest absolute Gasteiger partial charge is 0.0999 e. The summed E-state index contributed by atoms with van der Waals surface area (Å²) in [6, 6.07) is 0. The van der Waals surface area contributed by atoms with Gasteiger partial charge in [-0.25, -0.2) is 9.97 Å². The number of nitrogens with one attached hydrogen (secondary N) is 1. The van der Waals surface area contributed by atoms with E-state index in [1.807, 2.05) is 18.3 Å². The Morgan fingerprint density at radius 2 is 2.06 bits per heavy atom. The van der Waals surface area contributed by atoms with Crippen molar-refractivity contribution in [3.63, 3.8) is 0 Å². The zero-order valence-corrected chi connectivity index (χ0v) is 12.7. The Morgan fingerprint density at radius 3 is 2.72 bits per heavy atom. The molecule has 0 spiro atoms. The maximum atomic E-state index is 4.64. The molecule has 2 aromatic heterocycles. The molecule has 0 bridgehead atoms. The van der Waals surface area contributed by atoms with Crippen molar-refractivity contribution < 1.29 is 0 Å². The number of nitrogens with zero attached hydrogens (tertiary/aromatic N) is 2. The van der Waals surface area contributed by atoms with E-state index in [0.29, 0.717) is 0 Å². The monoisotopic (exact) mass is 281 g/mol. The SMILES string of the molecule is CCCNCc1sc(Cc2nc(C)cs2)nc1C. The molecule has 0 saturated heterocycles. The van der Waals surface area contributed by atoms with E-state index in [0.717, 1.165) is 35.9 Å². The van der Waals surface area contributed by atoms with E-state index >= 15 is 0 Å². The summed E-state index contributed by atoms with van der Waals surface area (Å²) in [6.45, 7) is 8.32. The quantitative estimate of drug-likeness (QED) is 0.826. The highest BCUT2D eigenvalue weighted by molar-refractivity contribution is 7.12. The predicted molar refractivity (Wildman–Crippen MR) is 78.5 cm³/mol. The van der Waals surface area contributed by atoms with Gasteiger partial charge in [0.1, 0.15) is 0 Å². The zero-order chi connectivity index (χ0) is 13.0. The van der Waals surface area contributed by atoms with E-state index in [1.165, 1.54) is 16.3 Å². The molecular formula is C13H19N3S2. The Balaban J connectivity index is 1.99. The average molecular weight is 281 g/mol. The molecule has 2 heterocycles. The highest BCUT2D eigenvalue weighted by Crippen LogP contribution is 2.22. The Kier molecular flexibility index (Phi) is 4.86. The van der Waals surface area contributed by atoms with Crippen LogP contribution >= 0.6 is 22.7 Å². The van der Waals surface area contributed by atoms with Crippen LogP contribution in [0, 0.1) is 13.8 Å². The van der Waals surface area contributed by atoms with Crippen LogP contribution in [0.5, 0.6) is 0 Å². The van der Waals surface area contributed by atoms with Crippen molar-refractivity contribution in [2.45, 2.75) is 40.2 Å². The molecule has 5 heteroatoms. The highest BCUT2D eigenvalue weighted by Gasteiger charge is 2.09. The number of rotatable bonds is 6. The molecule has 0 aliphatic heterocycles. The topological polar surface area (TPSA) is 37.8 Å². The third-order valence-corrected chi connectivity index (χ3v) is 4.74. The Labute approximate surface area is 116 Å². The molecule has 0 unspecified atom stereocenters. The second-order valence-corrected chi connectivity index (χ2v) is 6.46. The fourth-order valence-electron chi connectivity index (χ4n) is 1.72. The van der Waals surface area contributed by atoms with E-state index < -0.39 is 0 Å². The fourth-order valence-corrected chi connectivity index (χ4v) is 3.63. The Morgan fingerprint density at radius 1 is 1.22 bits per heavy atom. The molecule has 0 aromatic carbocycles. The van der Waals surface area contributed by atoms with Crippen molar-refractivity contribution in [2.24, 2.45) is 0 Å². The van der Waals surface area contributed by atoms with Crippen molar-refractivity contribution in [1.29, 1.82) is 0 Å². The number of hydrogen-bond acceptors (Lipinski definition) is 5. The summed E-state index contributed by atoms with van der Waals surface area (Å²) in [7, 11) is 0. The van der Waals surface area contributed by atoms with Gasteiger partial charge in [-0.05, 0) is 26.8 Å². The first kappa shape index (κ1) is 13.6. The van der Waals surface area contributed by atoms with Gasteiger partial charge in [-0.3, -0.25) is 0 Å². The molecule has 0 amide bonds. The van der Waals surface area contributed by atoms with E-state index in [4.69, 9.17) is 0 Å². The fraction of sp³-hybridized carbons (Fsp3) is 0.538. The molecule has 0 saturated carbocycles. The van der Waals surface area contributed by atoms with Crippen LogP contribution in [0.25, 0.3) is 0 Å². The van der Waals surface area contributed by atoms with Crippen LogP contribution in [-0.4, -0.2) is 16.5 Å². The molecule has 98 valence electrons. The maximum Gasteiger partial charge on any atom is 0.0999 e. The third-order valence-electron chi connectivity index (χ3n) is 2.62. The van der Waals surface area contributed by atoms with Gasteiger partial charge in [0.2, 0.25) is 0 Å². The first-order valence-electron chi connectivity index (χ1n) is 6.26. The van der Waals surface area contributed by atoms with Crippen LogP contribution < -0.4 is 5.32 Å². The van der Waals surface area contributed by atoms with Gasteiger partial charge in [0, 0.05) is 22.5 Å². The van der Waals surface area contributed by atoms with Crippen molar-refractivity contribution >= 4 is 22.7 Å². The summed E-state index contributed by atoms with van der Waals surface area (Å²) in [5.41, 5.74) is 2.26. The minimum Gasteiger partial charge on any atom is -0.312 e. The minimum absolute atomic E-state index is 0.873. The molecule has 18 heavy (non-hydrogen) atoms. The maximum absolute atomic E-state index is 4.64. The van der Waals surface area contributed by atoms with Crippen molar-refractivity contribution in [2.75, 3.05) is 6.54 Å². The average Bonchev–Trinajstić information content (AvgIpc) is 2.87. The standard InChI is InChI=1S/C13H19N3S2/c1-4-5-14-7-11-10(3)16-13(18-11)6-12-15-9(2)8-17-12/h8,14H,4-7H2,1-3H3. The predicted octanol–water partition coefficient (Wildman–Crippen LogP) is 3.31. The minimum atomic E-state index is 0.873. The zero-order valence-electron chi connectivity index (χ0n) is 11.1. The number of aryl methyl sites for hydroxylation is 2. The van der Waals surface area contributed by atoms with Gasteiger partial charge in [0.25, 0.3) is 0 Å². The van der Waals surface area contributed by atoms with Gasteiger partial charge < -0.3 is 5.32 Å². The van der Waals surface area contributed by atoms with Gasteiger partial charge in [0.05, 0.1) is 22.1 Å². The summed E-state index contributed by atoms with van der Waals surface area (Å²) < 4.78 is 0. The van der Waals surface area contributed by atoms with Crippen molar-refractivity contribution in [3.8, 4) is 0 Å². The Hall–Kier alpha value is -0.780. The van der Waals surface area contributed by atoms with Gasteiger partial charge >= 0.3 is 0 Å². The molecule has 2 aromatic rings. The van der Waals surface area contributed by atoms with E-state index in [1.54, 1.807) is 11.3 Å². The molecule has 3 nitrogen and oxygen atoms in total. The number of thiazole rings is 2. The van der Waals surface area contributed by atoms with E-state index in [-0.39, 0.29) is 0 Å². The largest absolute Gasteiger partial charge is 0.312 e. The van der Waals surface area contributed by atoms with Crippen LogP contribution in [0.2, 0.25) is 0 Å². The second kappa shape index (κ2) is 6.41. The molecular weight excluding hydrogens is 262 g/mol. The van der Waals surface area contributed by atoms with Crippen LogP contribution in [0.4, 0.5) is 0 Å². The van der Waals surface area contributed by atoms with Gasteiger partial charge in [-0.2, -0.15) is 0 Å². The number of hydrogen-bond donors (Lipinski definition) is 1. The lowest BCUT2D eigenvalue weighted by atomic mass is 10.3. The van der Waals surface area contributed by atoms with Gasteiger partial charge in [0.15, 0.2) is 0 Å². The summed E-state index contributed by atoms with van der Waals surface area (Å²) in [6.07, 6.45) is 2.04. The van der Waals surface area contributed by atoms with Crippen molar-refractivity contribution in [3.05, 3.63) is 31.7 Å². The lowest BCUT2D eigenvalue weighted by Crippen LogP contribution is -2.13. The van der Waals surface area contributed by atoms with E-state index in [9.17, 15) is 0 Å². The molecule has 2 rings (SSSR count). The lowest BCUT2D eigenvalue weighted by molar-refractivity contribution is 0.678. The lowest BCUT2D eigenvalue weighted by Gasteiger charge is -1.99. The first-order valence-corrected chi connectivity index (χ1v) is 7.95. The van der Waals surface area contributed by atoms with Crippen LogP contribution in [0.15, 0.2) is 5.38 Å². The second-order valence-electron chi connectivity index (χ2n) is 4.35. The summed E-state index contributed by atoms with van der Waals surface area (Å²) in [5.74, 6) is 0. The summed E-state index contributed by atoms with van der Waals surface area (Å²) in [4.78, 5) is 10.5. The summed E-state index contributed by atoms with van der Waals surface area (Å²) in [5, 5.41) is 7.87. The Bertz CT molecular complexity index is 502. The van der Waals surface area contributed by atoms with Crippen LogP contribution in [0.1, 0.15) is 39.6 Å². The molecule has 1 N–H and O–H groups in total. The van der Waals surface area contributed by atoms with E-state index in [2.05, 4.69) is 34.5 Å². The number of aromatic nitrogens is 2.